The van der Waals surface area contributed by atoms with Crippen LogP contribution >= 0.6 is 11.3 Å². The lowest BCUT2D eigenvalue weighted by molar-refractivity contribution is 0.0532. The molecule has 3 rings (SSSR count). The minimum atomic E-state index is -0.461. The lowest BCUT2D eigenvalue weighted by Crippen LogP contribution is -2.13. The Morgan fingerprint density at radius 1 is 1.12 bits per heavy atom. The maximum absolute atomic E-state index is 12.2. The van der Waals surface area contributed by atoms with Crippen LogP contribution in [-0.4, -0.2) is 28.5 Å². The van der Waals surface area contributed by atoms with Gasteiger partial charge in [0.1, 0.15) is 10.6 Å². The van der Waals surface area contributed by atoms with Gasteiger partial charge in [-0.3, -0.25) is 15.1 Å². The van der Waals surface area contributed by atoms with E-state index in [2.05, 4.69) is 15.3 Å². The molecule has 7 heteroatoms. The van der Waals surface area contributed by atoms with Crippen LogP contribution in [0.1, 0.15) is 27.1 Å². The Morgan fingerprint density at radius 3 is 2.56 bits per heavy atom. The molecule has 1 aromatic carbocycles. The fraction of sp³-hybridized carbons (Fsp3) is 0.111. The summed E-state index contributed by atoms with van der Waals surface area (Å²) < 4.78 is 5.10. The zero-order chi connectivity index (χ0) is 17.6. The van der Waals surface area contributed by atoms with Gasteiger partial charge in [0.25, 0.3) is 5.91 Å². The number of hydrogen-bond acceptors (Lipinski definition) is 6. The molecule has 2 heterocycles. The van der Waals surface area contributed by atoms with E-state index in [4.69, 9.17) is 4.74 Å². The normalized spacial score (nSPS) is 10.3. The first-order valence-electron chi connectivity index (χ1n) is 7.64. The second kappa shape index (κ2) is 7.67. The van der Waals surface area contributed by atoms with Gasteiger partial charge in [0.2, 0.25) is 0 Å². The van der Waals surface area contributed by atoms with E-state index >= 15 is 0 Å². The molecule has 1 amide bonds. The molecule has 0 aliphatic heterocycles. The van der Waals surface area contributed by atoms with Gasteiger partial charge in [-0.25, -0.2) is 9.78 Å². The van der Waals surface area contributed by atoms with Gasteiger partial charge in [-0.15, -0.1) is 0 Å². The molecule has 0 saturated carbocycles. The Kier molecular flexibility index (Phi) is 5.15. The molecule has 0 radical (unpaired) electrons. The highest BCUT2D eigenvalue weighted by atomic mass is 32.1. The van der Waals surface area contributed by atoms with Gasteiger partial charge < -0.3 is 4.74 Å². The van der Waals surface area contributed by atoms with Gasteiger partial charge in [-0.05, 0) is 19.1 Å². The Morgan fingerprint density at radius 2 is 1.88 bits per heavy atom. The molecule has 0 aliphatic carbocycles. The maximum atomic E-state index is 12.2. The van der Waals surface area contributed by atoms with E-state index in [0.717, 1.165) is 16.9 Å². The monoisotopic (exact) mass is 353 g/mol. The first kappa shape index (κ1) is 16.8. The van der Waals surface area contributed by atoms with Crippen LogP contribution in [0.15, 0.2) is 54.7 Å². The van der Waals surface area contributed by atoms with Gasteiger partial charge in [0, 0.05) is 11.8 Å². The van der Waals surface area contributed by atoms with Gasteiger partial charge in [0.15, 0.2) is 5.13 Å². The number of hydrogen-bond donors (Lipinski definition) is 1. The minimum absolute atomic E-state index is 0.264. The molecular weight excluding hydrogens is 338 g/mol. The summed E-state index contributed by atoms with van der Waals surface area (Å²) in [4.78, 5) is 33.2. The number of carbonyl (C=O) groups is 2. The quantitative estimate of drug-likeness (QED) is 0.708. The molecule has 6 nitrogen and oxygen atoms in total. The molecule has 0 spiro atoms. The van der Waals surface area contributed by atoms with Crippen LogP contribution in [0.2, 0.25) is 0 Å². The van der Waals surface area contributed by atoms with Crippen molar-refractivity contribution in [3.05, 3.63) is 65.3 Å². The second-order valence-electron chi connectivity index (χ2n) is 4.95. The van der Waals surface area contributed by atoms with Crippen molar-refractivity contribution in [2.75, 3.05) is 11.9 Å². The van der Waals surface area contributed by atoms with E-state index in [1.807, 2.05) is 30.3 Å². The zero-order valence-electron chi connectivity index (χ0n) is 13.4. The number of carbonyl (C=O) groups excluding carboxylic acids is 2. The average molecular weight is 353 g/mol. The van der Waals surface area contributed by atoms with E-state index in [9.17, 15) is 9.59 Å². The molecule has 2 aromatic heterocycles. The Balaban J connectivity index is 1.93. The number of aromatic nitrogens is 2. The van der Waals surface area contributed by atoms with Crippen LogP contribution in [-0.2, 0) is 4.74 Å². The van der Waals surface area contributed by atoms with E-state index in [-0.39, 0.29) is 18.2 Å². The number of pyridine rings is 1. The lowest BCUT2D eigenvalue weighted by atomic mass is 10.1. The molecular formula is C18H15N3O3S. The van der Waals surface area contributed by atoms with E-state index in [1.54, 1.807) is 25.1 Å². The summed E-state index contributed by atoms with van der Waals surface area (Å²) >= 11 is 1.08. The summed E-state index contributed by atoms with van der Waals surface area (Å²) in [6, 6.07) is 14.3. The Bertz CT molecular complexity index is 879. The molecule has 0 fully saturated rings. The standard InChI is InChI=1S/C18H15N3O3S/c1-2-24-17(23)15-14(12-8-4-3-5-9-12)20-18(25-15)21-16(22)13-10-6-7-11-19-13/h3-11H,2H2,1H3,(H,20,21,22). The van der Waals surface area contributed by atoms with Crippen molar-refractivity contribution in [2.45, 2.75) is 6.92 Å². The lowest BCUT2D eigenvalue weighted by Gasteiger charge is -2.01. The number of rotatable bonds is 5. The van der Waals surface area contributed by atoms with E-state index in [0.29, 0.717) is 15.7 Å². The Hall–Kier alpha value is -3.06. The number of ether oxygens (including phenoxy) is 1. The van der Waals surface area contributed by atoms with Crippen molar-refractivity contribution in [1.82, 2.24) is 9.97 Å². The number of esters is 1. The van der Waals surface area contributed by atoms with Crippen LogP contribution in [0.3, 0.4) is 0 Å². The Labute approximate surface area is 148 Å². The van der Waals surface area contributed by atoms with Crippen molar-refractivity contribution in [2.24, 2.45) is 0 Å². The number of amides is 1. The summed E-state index contributed by atoms with van der Waals surface area (Å²) in [6.07, 6.45) is 1.54. The first-order chi connectivity index (χ1) is 12.2. The maximum Gasteiger partial charge on any atom is 0.350 e. The number of thiazole rings is 1. The predicted molar refractivity (Wildman–Crippen MR) is 95.7 cm³/mol. The number of anilines is 1. The summed E-state index contributed by atoms with van der Waals surface area (Å²) in [5.41, 5.74) is 1.54. The topological polar surface area (TPSA) is 81.2 Å². The van der Waals surface area contributed by atoms with Gasteiger partial charge >= 0.3 is 5.97 Å². The third kappa shape index (κ3) is 3.89. The fourth-order valence-electron chi connectivity index (χ4n) is 2.16. The molecule has 0 aliphatic rings. The minimum Gasteiger partial charge on any atom is -0.462 e. The zero-order valence-corrected chi connectivity index (χ0v) is 14.2. The van der Waals surface area contributed by atoms with Crippen LogP contribution in [0, 0.1) is 0 Å². The third-order valence-corrected chi connectivity index (χ3v) is 4.20. The first-order valence-corrected chi connectivity index (χ1v) is 8.46. The third-order valence-electron chi connectivity index (χ3n) is 3.25. The SMILES string of the molecule is CCOC(=O)c1sc(NC(=O)c2ccccn2)nc1-c1ccccc1. The van der Waals surface area contributed by atoms with Crippen molar-refractivity contribution >= 4 is 28.3 Å². The molecule has 0 atom stereocenters. The summed E-state index contributed by atoms with van der Waals surface area (Å²) in [7, 11) is 0. The largest absolute Gasteiger partial charge is 0.462 e. The number of benzene rings is 1. The highest BCUT2D eigenvalue weighted by molar-refractivity contribution is 7.18. The van der Waals surface area contributed by atoms with Crippen LogP contribution in [0.4, 0.5) is 5.13 Å². The van der Waals surface area contributed by atoms with Crippen LogP contribution in [0.5, 0.6) is 0 Å². The summed E-state index contributed by atoms with van der Waals surface area (Å²) in [6.45, 7) is 2.01. The van der Waals surface area contributed by atoms with Crippen molar-refractivity contribution in [1.29, 1.82) is 0 Å². The van der Waals surface area contributed by atoms with Crippen molar-refractivity contribution in [3.63, 3.8) is 0 Å². The van der Waals surface area contributed by atoms with Crippen molar-refractivity contribution < 1.29 is 14.3 Å². The fourth-order valence-corrected chi connectivity index (χ4v) is 3.03. The summed E-state index contributed by atoms with van der Waals surface area (Å²) in [5, 5.41) is 3.00. The van der Waals surface area contributed by atoms with E-state index < -0.39 is 5.97 Å². The number of nitrogens with zero attached hydrogens (tertiary/aromatic N) is 2. The predicted octanol–water partition coefficient (Wildman–Crippen LogP) is 3.63. The molecule has 3 aromatic rings. The van der Waals surface area contributed by atoms with Gasteiger partial charge in [-0.1, -0.05) is 47.7 Å². The summed E-state index contributed by atoms with van der Waals surface area (Å²) in [5.74, 6) is -0.846. The van der Waals surface area contributed by atoms with Crippen molar-refractivity contribution in [3.8, 4) is 11.3 Å². The molecule has 126 valence electrons. The highest BCUT2D eigenvalue weighted by Crippen LogP contribution is 2.32. The van der Waals surface area contributed by atoms with Crippen LogP contribution in [0.25, 0.3) is 11.3 Å². The molecule has 1 N–H and O–H groups in total. The van der Waals surface area contributed by atoms with Gasteiger partial charge in [0.05, 0.1) is 12.3 Å². The second-order valence-corrected chi connectivity index (χ2v) is 5.95. The smallest absolute Gasteiger partial charge is 0.350 e. The molecule has 0 bridgehead atoms. The van der Waals surface area contributed by atoms with Gasteiger partial charge in [-0.2, -0.15) is 0 Å². The number of nitrogens with one attached hydrogen (secondary N) is 1. The molecule has 0 unspecified atom stereocenters. The van der Waals surface area contributed by atoms with E-state index in [1.165, 1.54) is 6.20 Å². The highest BCUT2D eigenvalue weighted by Gasteiger charge is 2.21. The molecule has 0 saturated heterocycles. The van der Waals surface area contributed by atoms with Crippen LogP contribution < -0.4 is 5.32 Å². The average Bonchev–Trinajstić information content (AvgIpc) is 3.07. The molecule has 25 heavy (non-hydrogen) atoms.